The first-order chi connectivity index (χ1) is 19.4. The van der Waals surface area contributed by atoms with Gasteiger partial charge in [-0.2, -0.15) is 10.4 Å². The van der Waals surface area contributed by atoms with E-state index in [0.29, 0.717) is 30.4 Å². The number of carbonyl (C=O) groups is 1. The molecule has 1 amide bonds. The molecule has 2 saturated heterocycles. The Morgan fingerprint density at radius 1 is 1.20 bits per heavy atom. The third kappa shape index (κ3) is 5.91. The molecule has 3 aromatic rings. The second kappa shape index (κ2) is 12.2. The topological polar surface area (TPSA) is 111 Å². The van der Waals surface area contributed by atoms with E-state index >= 15 is 0 Å². The molecule has 212 valence electrons. The number of rotatable bonds is 9. The summed E-state index contributed by atoms with van der Waals surface area (Å²) in [7, 11) is 0. The van der Waals surface area contributed by atoms with Crippen molar-refractivity contribution < 1.29 is 9.53 Å². The number of aromatic nitrogens is 3. The first kappa shape index (κ1) is 27.9. The van der Waals surface area contributed by atoms with Gasteiger partial charge in [0.2, 0.25) is 5.91 Å². The maximum Gasteiger partial charge on any atom is 0.227 e. The van der Waals surface area contributed by atoms with E-state index in [1.807, 2.05) is 31.3 Å². The summed E-state index contributed by atoms with van der Waals surface area (Å²) in [5.41, 5.74) is 2.61. The maximum absolute atomic E-state index is 13.5. The molecular formula is C30H40N8O2. The van der Waals surface area contributed by atoms with E-state index in [4.69, 9.17) is 9.72 Å². The van der Waals surface area contributed by atoms with Gasteiger partial charge in [-0.1, -0.05) is 13.8 Å². The lowest BCUT2D eigenvalue weighted by molar-refractivity contribution is -0.134. The summed E-state index contributed by atoms with van der Waals surface area (Å²) in [6.45, 7) is 13.7. The number of carbonyl (C=O) groups excluding carboxylic acids is 1. The average molecular weight is 545 g/mol. The number of nitrogens with one attached hydrogen (secondary N) is 2. The van der Waals surface area contributed by atoms with Gasteiger partial charge in [0, 0.05) is 69.7 Å². The minimum atomic E-state index is -0.385. The minimum absolute atomic E-state index is 0.190. The number of pyridine rings is 2. The van der Waals surface area contributed by atoms with Crippen LogP contribution in [0.15, 0.2) is 36.8 Å². The molecule has 0 radical (unpaired) electrons. The monoisotopic (exact) mass is 544 g/mol. The Hall–Kier alpha value is -3.68. The van der Waals surface area contributed by atoms with Gasteiger partial charge in [0.1, 0.15) is 17.6 Å². The predicted molar refractivity (Wildman–Crippen MR) is 155 cm³/mol. The summed E-state index contributed by atoms with van der Waals surface area (Å²) in [5, 5.41) is 20.6. The Bertz CT molecular complexity index is 1350. The van der Waals surface area contributed by atoms with Crippen molar-refractivity contribution in [3.63, 3.8) is 0 Å². The van der Waals surface area contributed by atoms with Gasteiger partial charge < -0.3 is 20.3 Å². The number of hydrogen-bond acceptors (Lipinski definition) is 8. The van der Waals surface area contributed by atoms with E-state index in [1.165, 1.54) is 0 Å². The van der Waals surface area contributed by atoms with Crippen LogP contribution in [0.25, 0.3) is 16.6 Å². The predicted octanol–water partition coefficient (Wildman–Crippen LogP) is 2.93. The number of ether oxygens (including phenoxy) is 1. The van der Waals surface area contributed by atoms with Crippen LogP contribution in [0.4, 0.5) is 5.82 Å². The molecule has 2 N–H and O–H groups in total. The second-order valence-corrected chi connectivity index (χ2v) is 11.3. The lowest BCUT2D eigenvalue weighted by Crippen LogP contribution is -2.57. The molecule has 0 unspecified atom stereocenters. The third-order valence-electron chi connectivity index (χ3n) is 8.01. The van der Waals surface area contributed by atoms with Crippen LogP contribution in [-0.2, 0) is 4.79 Å². The van der Waals surface area contributed by atoms with Gasteiger partial charge in [-0.3, -0.25) is 9.69 Å². The average Bonchev–Trinajstić information content (AvgIpc) is 3.40. The van der Waals surface area contributed by atoms with Crippen LogP contribution in [0.1, 0.15) is 39.2 Å². The lowest BCUT2D eigenvalue weighted by Gasteiger charge is -2.44. The fourth-order valence-corrected chi connectivity index (χ4v) is 5.78. The summed E-state index contributed by atoms with van der Waals surface area (Å²) in [5.74, 6) is 2.20. The largest absolute Gasteiger partial charge is 0.492 e. The SMILES string of the molecule is CCOc1cc(-c2ccc(N3CCC(CN4CCNCC4)(C(=O)NCC(C)C)CC3)nc2)c2c(C#N)cnn2c1. The highest BCUT2D eigenvalue weighted by Crippen LogP contribution is 2.36. The second-order valence-electron chi connectivity index (χ2n) is 11.3. The molecule has 2 aliphatic rings. The van der Waals surface area contributed by atoms with Gasteiger partial charge in [0.25, 0.3) is 0 Å². The molecule has 2 fully saturated rings. The maximum atomic E-state index is 13.5. The molecule has 3 aromatic heterocycles. The summed E-state index contributed by atoms with van der Waals surface area (Å²) in [6, 6.07) is 8.26. The van der Waals surface area contributed by atoms with E-state index in [2.05, 4.69) is 45.4 Å². The number of fused-ring (bicyclic) bond motifs is 1. The van der Waals surface area contributed by atoms with Crippen LogP contribution in [0, 0.1) is 22.7 Å². The smallest absolute Gasteiger partial charge is 0.227 e. The molecule has 5 rings (SSSR count). The first-order valence-electron chi connectivity index (χ1n) is 14.4. The van der Waals surface area contributed by atoms with Crippen molar-refractivity contribution in [3.8, 4) is 22.9 Å². The van der Waals surface area contributed by atoms with Gasteiger partial charge in [-0.05, 0) is 43.9 Å². The zero-order chi connectivity index (χ0) is 28.1. The molecule has 40 heavy (non-hydrogen) atoms. The lowest BCUT2D eigenvalue weighted by atomic mass is 9.76. The van der Waals surface area contributed by atoms with Crippen LogP contribution in [0.2, 0.25) is 0 Å². The van der Waals surface area contributed by atoms with E-state index < -0.39 is 0 Å². The Kier molecular flexibility index (Phi) is 8.52. The fraction of sp³-hybridized carbons (Fsp3) is 0.533. The Morgan fingerprint density at radius 2 is 1.98 bits per heavy atom. The number of piperidine rings is 1. The Balaban J connectivity index is 1.34. The highest BCUT2D eigenvalue weighted by atomic mass is 16.5. The Labute approximate surface area is 236 Å². The van der Waals surface area contributed by atoms with Crippen molar-refractivity contribution in [2.24, 2.45) is 11.3 Å². The fourth-order valence-electron chi connectivity index (χ4n) is 5.78. The summed E-state index contributed by atoms with van der Waals surface area (Å²) >= 11 is 0. The molecule has 0 atom stereocenters. The van der Waals surface area contributed by atoms with Crippen molar-refractivity contribution >= 4 is 17.2 Å². The molecule has 10 nitrogen and oxygen atoms in total. The van der Waals surface area contributed by atoms with Crippen LogP contribution in [-0.4, -0.2) is 84.4 Å². The molecule has 2 aliphatic heterocycles. The van der Waals surface area contributed by atoms with Crippen molar-refractivity contribution in [2.75, 3.05) is 63.9 Å². The van der Waals surface area contributed by atoms with Crippen LogP contribution in [0.5, 0.6) is 5.75 Å². The molecule has 0 aromatic carbocycles. The normalized spacial score (nSPS) is 17.6. The zero-order valence-corrected chi connectivity index (χ0v) is 23.8. The summed E-state index contributed by atoms with van der Waals surface area (Å²) in [6.07, 6.45) is 6.81. The zero-order valence-electron chi connectivity index (χ0n) is 23.8. The van der Waals surface area contributed by atoms with Crippen LogP contribution < -0.4 is 20.3 Å². The molecular weight excluding hydrogens is 504 g/mol. The van der Waals surface area contributed by atoms with Crippen molar-refractivity contribution in [2.45, 2.75) is 33.6 Å². The molecule has 0 saturated carbocycles. The molecule has 0 bridgehead atoms. The number of amides is 1. The third-order valence-corrected chi connectivity index (χ3v) is 8.01. The molecule has 5 heterocycles. The summed E-state index contributed by atoms with van der Waals surface area (Å²) < 4.78 is 7.44. The van der Waals surface area contributed by atoms with Crippen LogP contribution in [0.3, 0.4) is 0 Å². The molecule has 10 heteroatoms. The molecule has 0 spiro atoms. The standard InChI is InChI=1S/C30H40N8O2/c1-4-40-25-15-26(28-24(16-31)19-35-38(28)20-25)23-5-6-27(33-18-23)37-11-7-30(8-12-37,29(39)34-17-22(2)3)21-36-13-9-32-10-14-36/h5-6,15,18-20,22,32H,4,7-14,17,21H2,1-3H3,(H,34,39). The number of piperazine rings is 1. The number of hydrogen-bond donors (Lipinski definition) is 2. The number of nitriles is 1. The Morgan fingerprint density at radius 3 is 2.62 bits per heavy atom. The molecule has 0 aliphatic carbocycles. The quantitative estimate of drug-likeness (QED) is 0.423. The van der Waals surface area contributed by atoms with Crippen molar-refractivity contribution in [1.29, 1.82) is 5.26 Å². The summed E-state index contributed by atoms with van der Waals surface area (Å²) in [4.78, 5) is 23.1. The van der Waals surface area contributed by atoms with Gasteiger partial charge >= 0.3 is 0 Å². The van der Waals surface area contributed by atoms with E-state index in [9.17, 15) is 10.1 Å². The van der Waals surface area contributed by atoms with Crippen molar-refractivity contribution in [3.05, 3.63) is 42.4 Å². The minimum Gasteiger partial charge on any atom is -0.492 e. The number of nitrogens with zero attached hydrogens (tertiary/aromatic N) is 6. The van der Waals surface area contributed by atoms with Crippen molar-refractivity contribution in [1.82, 2.24) is 30.1 Å². The van der Waals surface area contributed by atoms with Gasteiger partial charge in [0.15, 0.2) is 0 Å². The number of anilines is 1. The highest BCUT2D eigenvalue weighted by molar-refractivity contribution is 5.85. The van der Waals surface area contributed by atoms with Gasteiger partial charge in [-0.15, -0.1) is 0 Å². The van der Waals surface area contributed by atoms with E-state index in [-0.39, 0.29) is 11.3 Å². The van der Waals surface area contributed by atoms with Gasteiger partial charge in [-0.25, -0.2) is 9.50 Å². The van der Waals surface area contributed by atoms with Gasteiger partial charge in [0.05, 0.1) is 35.5 Å². The highest BCUT2D eigenvalue weighted by Gasteiger charge is 2.43. The first-order valence-corrected chi connectivity index (χ1v) is 14.4. The van der Waals surface area contributed by atoms with E-state index in [0.717, 1.165) is 81.1 Å². The van der Waals surface area contributed by atoms with E-state index in [1.54, 1.807) is 16.9 Å². The van der Waals surface area contributed by atoms with Crippen LogP contribution >= 0.6 is 0 Å².